The molecular weight excluding hydrogens is 324 g/mol. The van der Waals surface area contributed by atoms with Gasteiger partial charge in [-0.25, -0.2) is 14.6 Å². The van der Waals surface area contributed by atoms with Crippen LogP contribution >= 0.6 is 11.3 Å². The van der Waals surface area contributed by atoms with Crippen molar-refractivity contribution in [2.75, 3.05) is 18.4 Å². The third-order valence-electron chi connectivity index (χ3n) is 3.94. The Morgan fingerprint density at radius 3 is 3.08 bits per heavy atom. The van der Waals surface area contributed by atoms with Crippen molar-refractivity contribution in [1.82, 2.24) is 24.6 Å². The summed E-state index contributed by atoms with van der Waals surface area (Å²) in [6, 6.07) is 5.76. The number of pyridine rings is 1. The van der Waals surface area contributed by atoms with Crippen LogP contribution < -0.4 is 5.32 Å². The molecule has 0 fully saturated rings. The van der Waals surface area contributed by atoms with E-state index in [9.17, 15) is 4.79 Å². The number of nitrogens with one attached hydrogen (secondary N) is 1. The summed E-state index contributed by atoms with van der Waals surface area (Å²) < 4.78 is 1.57. The molecule has 0 saturated heterocycles. The number of nitrogens with zero attached hydrogens (tertiary/aromatic N) is 5. The molecule has 8 heteroatoms. The van der Waals surface area contributed by atoms with Crippen LogP contribution in [0.25, 0.3) is 5.82 Å². The summed E-state index contributed by atoms with van der Waals surface area (Å²) in [6.07, 6.45) is 5.68. The van der Waals surface area contributed by atoms with Crippen LogP contribution in [0.5, 0.6) is 0 Å². The largest absolute Gasteiger partial charge is 0.324 e. The number of aromatic nitrogens is 4. The van der Waals surface area contributed by atoms with Gasteiger partial charge in [0.25, 0.3) is 0 Å². The molecule has 0 unspecified atom stereocenters. The molecule has 122 valence electrons. The highest BCUT2D eigenvalue weighted by Crippen LogP contribution is 2.23. The van der Waals surface area contributed by atoms with Gasteiger partial charge in [0.1, 0.15) is 12.7 Å². The summed E-state index contributed by atoms with van der Waals surface area (Å²) in [7, 11) is 0. The molecule has 1 aliphatic rings. The molecule has 4 heterocycles. The highest BCUT2D eigenvalue weighted by molar-refractivity contribution is 7.10. The molecule has 1 amide bonds. The quantitative estimate of drug-likeness (QED) is 0.783. The van der Waals surface area contributed by atoms with Crippen LogP contribution in [0.4, 0.5) is 5.69 Å². The van der Waals surface area contributed by atoms with Crippen molar-refractivity contribution in [3.05, 3.63) is 52.9 Å². The lowest BCUT2D eigenvalue weighted by molar-refractivity contribution is -0.117. The maximum Gasteiger partial charge on any atom is 0.238 e. The van der Waals surface area contributed by atoms with Crippen molar-refractivity contribution in [3.8, 4) is 5.82 Å². The first-order chi connectivity index (χ1) is 11.8. The molecule has 0 atom stereocenters. The Labute approximate surface area is 143 Å². The fourth-order valence-corrected chi connectivity index (χ4v) is 3.66. The van der Waals surface area contributed by atoms with E-state index in [2.05, 4.69) is 36.7 Å². The predicted octanol–water partition coefficient (Wildman–Crippen LogP) is 1.72. The Hall–Kier alpha value is -2.58. The number of fused-ring (bicyclic) bond motifs is 1. The normalized spacial score (nSPS) is 14.3. The zero-order valence-electron chi connectivity index (χ0n) is 12.9. The first-order valence-electron chi connectivity index (χ1n) is 7.66. The van der Waals surface area contributed by atoms with Gasteiger partial charge in [-0.05, 0) is 35.6 Å². The van der Waals surface area contributed by atoms with E-state index in [-0.39, 0.29) is 5.91 Å². The minimum atomic E-state index is -0.0241. The van der Waals surface area contributed by atoms with Crippen LogP contribution in [0.1, 0.15) is 10.4 Å². The summed E-state index contributed by atoms with van der Waals surface area (Å²) in [5.74, 6) is 0.635. The second-order valence-corrected chi connectivity index (χ2v) is 6.62. The van der Waals surface area contributed by atoms with Crippen LogP contribution in [-0.4, -0.2) is 43.6 Å². The summed E-state index contributed by atoms with van der Waals surface area (Å²) in [5, 5.41) is 9.03. The van der Waals surface area contributed by atoms with Crippen molar-refractivity contribution in [2.24, 2.45) is 0 Å². The first kappa shape index (κ1) is 15.0. The standard InChI is InChI=1S/C16H16N6OS/c23-16(9-21-5-3-14-12(8-21)4-6-24-14)20-13-1-2-15(18-7-13)22-11-17-10-19-22/h1-2,4,6-7,10-11H,3,5,8-9H2,(H,20,23). The summed E-state index contributed by atoms with van der Waals surface area (Å²) >= 11 is 1.80. The molecule has 1 N–H and O–H groups in total. The lowest BCUT2D eigenvalue weighted by Crippen LogP contribution is -2.36. The van der Waals surface area contributed by atoms with E-state index in [4.69, 9.17) is 0 Å². The molecule has 0 radical (unpaired) electrons. The average Bonchev–Trinajstić information content (AvgIpc) is 3.26. The number of amides is 1. The smallest absolute Gasteiger partial charge is 0.238 e. The van der Waals surface area contributed by atoms with Gasteiger partial charge >= 0.3 is 0 Å². The molecule has 0 spiro atoms. The van der Waals surface area contributed by atoms with E-state index in [1.807, 2.05) is 6.07 Å². The third kappa shape index (κ3) is 3.19. The van der Waals surface area contributed by atoms with E-state index < -0.39 is 0 Å². The van der Waals surface area contributed by atoms with Crippen LogP contribution in [0, 0.1) is 0 Å². The van der Waals surface area contributed by atoms with Gasteiger partial charge in [0.05, 0.1) is 18.4 Å². The minimum absolute atomic E-state index is 0.0241. The molecule has 4 rings (SSSR count). The fourth-order valence-electron chi connectivity index (χ4n) is 2.77. The average molecular weight is 340 g/mol. The van der Waals surface area contributed by atoms with Gasteiger partial charge in [0.15, 0.2) is 5.82 Å². The molecule has 3 aromatic rings. The van der Waals surface area contributed by atoms with Crippen LogP contribution in [0.15, 0.2) is 42.4 Å². The molecule has 1 aliphatic heterocycles. The van der Waals surface area contributed by atoms with Gasteiger partial charge < -0.3 is 5.32 Å². The molecular formula is C16H16N6OS. The second-order valence-electron chi connectivity index (χ2n) is 5.62. The highest BCUT2D eigenvalue weighted by Gasteiger charge is 2.19. The Morgan fingerprint density at radius 2 is 2.29 bits per heavy atom. The van der Waals surface area contributed by atoms with E-state index in [1.165, 1.54) is 16.8 Å². The van der Waals surface area contributed by atoms with Gasteiger partial charge in [0.2, 0.25) is 5.91 Å². The number of hydrogen-bond donors (Lipinski definition) is 1. The second kappa shape index (κ2) is 6.50. The Kier molecular flexibility index (Phi) is 4.06. The predicted molar refractivity (Wildman–Crippen MR) is 91.1 cm³/mol. The Bertz CT molecular complexity index is 827. The SMILES string of the molecule is O=C(CN1CCc2sccc2C1)Nc1ccc(-n2cncn2)nc1. The number of thiophene rings is 1. The monoisotopic (exact) mass is 340 g/mol. The van der Waals surface area contributed by atoms with E-state index in [0.717, 1.165) is 19.5 Å². The number of carbonyl (C=O) groups excluding carboxylic acids is 1. The Morgan fingerprint density at radius 1 is 1.33 bits per heavy atom. The van der Waals surface area contributed by atoms with Crippen molar-refractivity contribution >= 4 is 22.9 Å². The lowest BCUT2D eigenvalue weighted by atomic mass is 10.1. The van der Waals surface area contributed by atoms with Gasteiger partial charge in [-0.3, -0.25) is 9.69 Å². The molecule has 7 nitrogen and oxygen atoms in total. The maximum atomic E-state index is 12.2. The molecule has 24 heavy (non-hydrogen) atoms. The molecule has 0 saturated carbocycles. The minimum Gasteiger partial charge on any atom is -0.324 e. The Balaban J connectivity index is 1.35. The van der Waals surface area contributed by atoms with Crippen molar-refractivity contribution in [1.29, 1.82) is 0 Å². The highest BCUT2D eigenvalue weighted by atomic mass is 32.1. The molecule has 0 aliphatic carbocycles. The number of anilines is 1. The molecule has 0 bridgehead atoms. The third-order valence-corrected chi connectivity index (χ3v) is 4.96. The van der Waals surface area contributed by atoms with Crippen molar-refractivity contribution < 1.29 is 4.79 Å². The maximum absolute atomic E-state index is 12.2. The van der Waals surface area contributed by atoms with Crippen LogP contribution in [-0.2, 0) is 17.8 Å². The topological polar surface area (TPSA) is 75.9 Å². The fraction of sp³-hybridized carbons (Fsp3) is 0.250. The molecule has 3 aromatic heterocycles. The van der Waals surface area contributed by atoms with Crippen LogP contribution in [0.3, 0.4) is 0 Å². The zero-order valence-corrected chi connectivity index (χ0v) is 13.7. The summed E-state index contributed by atoms with van der Waals surface area (Å²) in [5.41, 5.74) is 2.02. The zero-order chi connectivity index (χ0) is 16.4. The van der Waals surface area contributed by atoms with Gasteiger partial charge in [0, 0.05) is 18.0 Å². The van der Waals surface area contributed by atoms with Crippen molar-refractivity contribution in [2.45, 2.75) is 13.0 Å². The van der Waals surface area contributed by atoms with Crippen LogP contribution in [0.2, 0.25) is 0 Å². The van der Waals surface area contributed by atoms with Gasteiger partial charge in [-0.2, -0.15) is 5.10 Å². The number of rotatable bonds is 4. The van der Waals surface area contributed by atoms with E-state index in [0.29, 0.717) is 18.1 Å². The first-order valence-corrected chi connectivity index (χ1v) is 8.54. The summed E-state index contributed by atoms with van der Waals surface area (Å²) in [4.78, 5) is 24.0. The number of carbonyl (C=O) groups is 1. The van der Waals surface area contributed by atoms with Gasteiger partial charge in [-0.1, -0.05) is 0 Å². The van der Waals surface area contributed by atoms with Crippen molar-refractivity contribution in [3.63, 3.8) is 0 Å². The van der Waals surface area contributed by atoms with E-state index in [1.54, 1.807) is 34.6 Å². The van der Waals surface area contributed by atoms with Gasteiger partial charge in [-0.15, -0.1) is 11.3 Å². The lowest BCUT2D eigenvalue weighted by Gasteiger charge is -2.26. The summed E-state index contributed by atoms with van der Waals surface area (Å²) in [6.45, 7) is 2.15. The molecule has 0 aromatic carbocycles. The van der Waals surface area contributed by atoms with E-state index >= 15 is 0 Å². The number of hydrogen-bond acceptors (Lipinski definition) is 6.